The van der Waals surface area contributed by atoms with Crippen molar-refractivity contribution < 1.29 is 0 Å². The van der Waals surface area contributed by atoms with Gasteiger partial charge in [0.05, 0.1) is 11.4 Å². The van der Waals surface area contributed by atoms with Crippen LogP contribution in [0, 0.1) is 29.6 Å². The number of allylic oxidation sites excluding steroid dienone is 1. The summed E-state index contributed by atoms with van der Waals surface area (Å²) in [6.45, 7) is 1.86. The summed E-state index contributed by atoms with van der Waals surface area (Å²) in [5, 5.41) is 19.3. The minimum atomic E-state index is 0.0890. The van der Waals surface area contributed by atoms with Crippen LogP contribution in [-0.2, 0) is 0 Å². The first-order valence-corrected chi connectivity index (χ1v) is 5.08. The molecule has 0 spiro atoms. The molecule has 0 aliphatic heterocycles. The third kappa shape index (κ3) is 1.50. The number of fused-ring (bicyclic) bond motifs is 1. The van der Waals surface area contributed by atoms with Gasteiger partial charge in [0.2, 0.25) is 0 Å². The molecule has 2 aromatic rings. The first-order valence-electron chi connectivity index (χ1n) is 4.20. The number of imidazole rings is 1. The molecule has 5 heteroatoms. The van der Waals surface area contributed by atoms with Gasteiger partial charge in [0, 0.05) is 11.6 Å². The van der Waals surface area contributed by atoms with Crippen LogP contribution in [0.5, 0.6) is 0 Å². The van der Waals surface area contributed by atoms with Crippen molar-refractivity contribution in [1.29, 1.82) is 10.5 Å². The lowest BCUT2D eigenvalue weighted by molar-refractivity contribution is 1.19. The van der Waals surface area contributed by atoms with Gasteiger partial charge in [0.25, 0.3) is 0 Å². The highest BCUT2D eigenvalue weighted by Gasteiger charge is 2.07. The Hall–Kier alpha value is -2.11. The van der Waals surface area contributed by atoms with E-state index in [2.05, 4.69) is 4.98 Å². The van der Waals surface area contributed by atoms with Crippen molar-refractivity contribution in [2.75, 3.05) is 0 Å². The van der Waals surface area contributed by atoms with Crippen LogP contribution in [0.1, 0.15) is 11.4 Å². The smallest absolute Gasteiger partial charge is 0.194 e. The molecule has 2 rings (SSSR count). The number of nitrogens with zero attached hydrogens (tertiary/aromatic N) is 4. The van der Waals surface area contributed by atoms with Crippen LogP contribution < -0.4 is 0 Å². The van der Waals surface area contributed by atoms with Gasteiger partial charge < -0.3 is 0 Å². The SMILES string of the molecule is Cc1nc2sccn2c1C=C(C#N)C#N. The van der Waals surface area contributed by atoms with Gasteiger partial charge in [-0.3, -0.25) is 4.40 Å². The molecule has 0 aliphatic carbocycles. The molecule has 0 atom stereocenters. The quantitative estimate of drug-likeness (QED) is 0.683. The Labute approximate surface area is 90.3 Å². The molecule has 4 nitrogen and oxygen atoms in total. The number of thiazole rings is 1. The minimum absolute atomic E-state index is 0.0890. The number of aromatic nitrogens is 2. The van der Waals surface area contributed by atoms with E-state index in [9.17, 15) is 0 Å². The average molecular weight is 214 g/mol. The van der Waals surface area contributed by atoms with Crippen molar-refractivity contribution in [1.82, 2.24) is 9.38 Å². The maximum atomic E-state index is 8.67. The Bertz CT molecular complexity index is 602. The maximum Gasteiger partial charge on any atom is 0.194 e. The Morgan fingerprint density at radius 2 is 2.27 bits per heavy atom. The highest BCUT2D eigenvalue weighted by Crippen LogP contribution is 2.18. The topological polar surface area (TPSA) is 64.9 Å². The second-order valence-corrected chi connectivity index (χ2v) is 3.79. The van der Waals surface area contributed by atoms with Crippen molar-refractivity contribution in [2.24, 2.45) is 0 Å². The summed E-state index contributed by atoms with van der Waals surface area (Å²) in [4.78, 5) is 5.18. The standard InChI is InChI=1S/C10H6N4S/c1-7-9(4-8(5-11)6-12)14-2-3-15-10(14)13-7/h2-4H,1H3. The number of rotatable bonds is 1. The fraction of sp³-hybridized carbons (Fsp3) is 0.100. The molecule has 0 radical (unpaired) electrons. The lowest BCUT2D eigenvalue weighted by Crippen LogP contribution is -1.85. The summed E-state index contributed by atoms with van der Waals surface area (Å²) in [6.07, 6.45) is 3.43. The number of aryl methyl sites for hydroxylation is 1. The fourth-order valence-corrected chi connectivity index (χ4v) is 2.08. The van der Waals surface area contributed by atoms with Gasteiger partial charge in [-0.1, -0.05) is 0 Å². The summed E-state index contributed by atoms with van der Waals surface area (Å²) in [7, 11) is 0. The molecule has 0 N–H and O–H groups in total. The third-order valence-corrected chi connectivity index (χ3v) is 2.76. The van der Waals surface area contributed by atoms with Crippen LogP contribution in [0.25, 0.3) is 11.0 Å². The molecule has 0 aliphatic rings. The van der Waals surface area contributed by atoms with E-state index in [4.69, 9.17) is 10.5 Å². The molecule has 2 aromatic heterocycles. The van der Waals surface area contributed by atoms with Crippen molar-refractivity contribution in [3.05, 3.63) is 28.5 Å². The summed E-state index contributed by atoms with van der Waals surface area (Å²) in [5.74, 6) is 0. The van der Waals surface area contributed by atoms with E-state index < -0.39 is 0 Å². The normalized spacial score (nSPS) is 9.53. The number of hydrogen-bond donors (Lipinski definition) is 0. The molecular weight excluding hydrogens is 208 g/mol. The van der Waals surface area contributed by atoms with Crippen LogP contribution in [0.3, 0.4) is 0 Å². The van der Waals surface area contributed by atoms with Crippen LogP contribution in [0.2, 0.25) is 0 Å². The van der Waals surface area contributed by atoms with Gasteiger partial charge in [-0.15, -0.1) is 11.3 Å². The Balaban J connectivity index is 2.67. The van der Waals surface area contributed by atoms with E-state index in [0.717, 1.165) is 16.3 Å². The van der Waals surface area contributed by atoms with Crippen molar-refractivity contribution in [2.45, 2.75) is 6.92 Å². The monoisotopic (exact) mass is 214 g/mol. The second-order valence-electron chi connectivity index (χ2n) is 2.92. The van der Waals surface area contributed by atoms with E-state index in [1.54, 1.807) is 6.08 Å². The first-order chi connectivity index (χ1) is 7.26. The van der Waals surface area contributed by atoms with E-state index in [1.165, 1.54) is 11.3 Å². The highest BCUT2D eigenvalue weighted by atomic mass is 32.1. The maximum absolute atomic E-state index is 8.67. The van der Waals surface area contributed by atoms with Gasteiger partial charge >= 0.3 is 0 Å². The Morgan fingerprint density at radius 1 is 1.53 bits per heavy atom. The molecule has 0 aromatic carbocycles. The van der Waals surface area contributed by atoms with Gasteiger partial charge in [-0.2, -0.15) is 10.5 Å². The van der Waals surface area contributed by atoms with Gasteiger partial charge in [-0.25, -0.2) is 4.98 Å². The van der Waals surface area contributed by atoms with Crippen molar-refractivity contribution in [3.63, 3.8) is 0 Å². The van der Waals surface area contributed by atoms with Crippen LogP contribution in [0.15, 0.2) is 17.2 Å². The Kier molecular flexibility index (Phi) is 2.24. The van der Waals surface area contributed by atoms with E-state index >= 15 is 0 Å². The molecule has 0 bridgehead atoms. The lowest BCUT2D eigenvalue weighted by atomic mass is 10.2. The first kappa shape index (κ1) is 9.45. The summed E-state index contributed by atoms with van der Waals surface area (Å²) >= 11 is 1.52. The largest absolute Gasteiger partial charge is 0.291 e. The van der Waals surface area contributed by atoms with E-state index in [0.29, 0.717) is 0 Å². The molecule has 15 heavy (non-hydrogen) atoms. The molecule has 72 valence electrons. The van der Waals surface area contributed by atoms with E-state index in [1.807, 2.05) is 35.0 Å². The minimum Gasteiger partial charge on any atom is -0.291 e. The van der Waals surface area contributed by atoms with Gasteiger partial charge in [0.15, 0.2) is 4.96 Å². The average Bonchev–Trinajstić information content (AvgIpc) is 2.77. The number of nitriles is 2. The van der Waals surface area contributed by atoms with Crippen LogP contribution >= 0.6 is 11.3 Å². The molecule has 2 heterocycles. The molecular formula is C10H6N4S. The highest BCUT2D eigenvalue weighted by molar-refractivity contribution is 7.15. The lowest BCUT2D eigenvalue weighted by Gasteiger charge is -1.91. The molecule has 0 unspecified atom stereocenters. The Morgan fingerprint density at radius 3 is 2.93 bits per heavy atom. The van der Waals surface area contributed by atoms with Crippen LogP contribution in [0.4, 0.5) is 0 Å². The predicted molar refractivity (Wildman–Crippen MR) is 57.0 cm³/mol. The van der Waals surface area contributed by atoms with Gasteiger partial charge in [0.1, 0.15) is 17.7 Å². The van der Waals surface area contributed by atoms with Crippen molar-refractivity contribution >= 4 is 22.4 Å². The summed E-state index contributed by atoms with van der Waals surface area (Å²) in [5.41, 5.74) is 1.71. The fourth-order valence-electron chi connectivity index (χ4n) is 1.31. The predicted octanol–water partition coefficient (Wildman–Crippen LogP) is 2.13. The molecule has 0 saturated heterocycles. The van der Waals surface area contributed by atoms with Crippen molar-refractivity contribution in [3.8, 4) is 12.1 Å². The zero-order chi connectivity index (χ0) is 10.8. The zero-order valence-electron chi connectivity index (χ0n) is 7.93. The van der Waals surface area contributed by atoms with Crippen LogP contribution in [-0.4, -0.2) is 9.38 Å². The number of hydrogen-bond acceptors (Lipinski definition) is 4. The molecule has 0 fully saturated rings. The zero-order valence-corrected chi connectivity index (χ0v) is 8.75. The second kappa shape index (κ2) is 3.56. The van der Waals surface area contributed by atoms with Gasteiger partial charge in [-0.05, 0) is 13.0 Å². The third-order valence-electron chi connectivity index (χ3n) is 2.00. The molecule has 0 saturated carbocycles. The summed E-state index contributed by atoms with van der Waals surface area (Å²) < 4.78 is 1.87. The summed E-state index contributed by atoms with van der Waals surface area (Å²) in [6, 6.07) is 3.67. The molecule has 0 amide bonds. The van der Waals surface area contributed by atoms with E-state index in [-0.39, 0.29) is 5.57 Å².